The monoisotopic (exact) mass is 484 g/mol. The zero-order valence-corrected chi connectivity index (χ0v) is 18.5. The first kappa shape index (κ1) is 24.3. The first-order chi connectivity index (χ1) is 16.9. The smallest absolute Gasteiger partial charge is 0.387 e. The summed E-state index contributed by atoms with van der Waals surface area (Å²) < 4.78 is 78.5. The van der Waals surface area contributed by atoms with Gasteiger partial charge in [-0.25, -0.2) is 13.2 Å². The van der Waals surface area contributed by atoms with Gasteiger partial charge in [-0.05, 0) is 53.1 Å². The van der Waals surface area contributed by atoms with Crippen LogP contribution in [0.1, 0.15) is 11.1 Å². The molecule has 0 saturated heterocycles. The van der Waals surface area contributed by atoms with Crippen LogP contribution in [0.15, 0.2) is 79.4 Å². The first-order valence-corrected chi connectivity index (χ1v) is 10.8. The second-order valence-corrected chi connectivity index (χ2v) is 7.86. The Labute approximate surface area is 199 Å². The molecule has 4 aromatic rings. The summed E-state index contributed by atoms with van der Waals surface area (Å²) in [5, 5.41) is 0.835. The van der Waals surface area contributed by atoms with E-state index in [9.17, 15) is 17.6 Å². The van der Waals surface area contributed by atoms with E-state index in [1.54, 1.807) is 24.3 Å². The first-order valence-electron chi connectivity index (χ1n) is 10.8. The van der Waals surface area contributed by atoms with E-state index in [-0.39, 0.29) is 29.2 Å². The molecule has 0 fully saturated rings. The van der Waals surface area contributed by atoms with Crippen LogP contribution in [-0.2, 0) is 12.8 Å². The number of ether oxygens (including phenoxy) is 2. The van der Waals surface area contributed by atoms with Crippen molar-refractivity contribution in [3.05, 3.63) is 108 Å². The van der Waals surface area contributed by atoms with E-state index in [4.69, 9.17) is 4.74 Å². The number of halogens is 5. The molecule has 4 rings (SSSR count). The van der Waals surface area contributed by atoms with Crippen molar-refractivity contribution in [2.24, 2.45) is 0 Å². The lowest BCUT2D eigenvalue weighted by atomic mass is 9.96. The summed E-state index contributed by atoms with van der Waals surface area (Å²) >= 11 is 0. The predicted octanol–water partition coefficient (Wildman–Crippen LogP) is 7.88. The highest BCUT2D eigenvalue weighted by Crippen LogP contribution is 2.33. The molecule has 180 valence electrons. The van der Waals surface area contributed by atoms with Gasteiger partial charge < -0.3 is 9.47 Å². The standard InChI is InChI=1S/C28H21F5O2/c1-2-13-34-22-15-24(29)26(25(30)16-22)20-9-12-23-19(14-20)8-7-18(27(23)31)6-3-17-4-10-21(11-5-17)35-28(32)33/h2,4-5,7-12,14-16,28H,1,3,6,13H2. The van der Waals surface area contributed by atoms with Crippen molar-refractivity contribution in [1.82, 2.24) is 0 Å². The molecule has 0 aromatic heterocycles. The normalized spacial score (nSPS) is 11.1. The zero-order chi connectivity index (χ0) is 24.9. The molecule has 2 nitrogen and oxygen atoms in total. The van der Waals surface area contributed by atoms with Crippen molar-refractivity contribution >= 4 is 10.8 Å². The molecule has 0 heterocycles. The van der Waals surface area contributed by atoms with E-state index in [2.05, 4.69) is 11.3 Å². The number of fused-ring (bicyclic) bond motifs is 1. The molecule has 0 unspecified atom stereocenters. The van der Waals surface area contributed by atoms with Gasteiger partial charge in [0.2, 0.25) is 0 Å². The third-order valence-corrected chi connectivity index (χ3v) is 5.54. The van der Waals surface area contributed by atoms with Gasteiger partial charge in [-0.3, -0.25) is 0 Å². The van der Waals surface area contributed by atoms with Gasteiger partial charge in [-0.15, -0.1) is 0 Å². The number of benzene rings is 4. The number of hydrogen-bond donors (Lipinski definition) is 0. The van der Waals surface area contributed by atoms with Crippen LogP contribution in [0.25, 0.3) is 21.9 Å². The second kappa shape index (κ2) is 10.6. The predicted molar refractivity (Wildman–Crippen MR) is 125 cm³/mol. The van der Waals surface area contributed by atoms with Crippen LogP contribution in [-0.4, -0.2) is 13.2 Å². The average Bonchev–Trinajstić information content (AvgIpc) is 2.82. The van der Waals surface area contributed by atoms with Crippen molar-refractivity contribution in [2.45, 2.75) is 19.5 Å². The van der Waals surface area contributed by atoms with Crippen LogP contribution < -0.4 is 9.47 Å². The minimum atomic E-state index is -2.89. The van der Waals surface area contributed by atoms with Gasteiger partial charge in [0.15, 0.2) is 0 Å². The number of hydrogen-bond acceptors (Lipinski definition) is 2. The average molecular weight is 484 g/mol. The van der Waals surface area contributed by atoms with Crippen molar-refractivity contribution in [3.63, 3.8) is 0 Å². The minimum absolute atomic E-state index is 0.0521. The van der Waals surface area contributed by atoms with E-state index in [0.29, 0.717) is 29.2 Å². The molecule has 0 amide bonds. The van der Waals surface area contributed by atoms with E-state index in [0.717, 1.165) is 17.7 Å². The topological polar surface area (TPSA) is 18.5 Å². The molecule has 4 aromatic carbocycles. The zero-order valence-electron chi connectivity index (χ0n) is 18.5. The summed E-state index contributed by atoms with van der Waals surface area (Å²) in [5.41, 5.74) is 1.37. The van der Waals surface area contributed by atoms with Crippen LogP contribution >= 0.6 is 0 Å². The van der Waals surface area contributed by atoms with Gasteiger partial charge in [0.25, 0.3) is 0 Å². The Morgan fingerprint density at radius 3 is 2.17 bits per heavy atom. The SMILES string of the molecule is C=CCOc1cc(F)c(-c2ccc3c(F)c(CCc4ccc(OC(F)F)cc4)ccc3c2)c(F)c1. The molecule has 7 heteroatoms. The Morgan fingerprint density at radius 2 is 1.51 bits per heavy atom. The van der Waals surface area contributed by atoms with Gasteiger partial charge in [-0.1, -0.05) is 49.1 Å². The van der Waals surface area contributed by atoms with Crippen molar-refractivity contribution in [3.8, 4) is 22.6 Å². The molecule has 0 radical (unpaired) electrons. The molecule has 0 atom stereocenters. The lowest BCUT2D eigenvalue weighted by Crippen LogP contribution is -2.02. The Kier molecular flexibility index (Phi) is 7.34. The molecule has 0 saturated carbocycles. The van der Waals surface area contributed by atoms with Crippen molar-refractivity contribution in [2.75, 3.05) is 6.61 Å². The summed E-state index contributed by atoms with van der Waals surface area (Å²) in [6.45, 7) is 0.723. The molecular formula is C28H21F5O2. The summed E-state index contributed by atoms with van der Waals surface area (Å²) in [7, 11) is 0. The fourth-order valence-electron chi connectivity index (χ4n) is 3.87. The summed E-state index contributed by atoms with van der Waals surface area (Å²) in [4.78, 5) is 0. The molecule has 0 aliphatic rings. The largest absolute Gasteiger partial charge is 0.489 e. The lowest BCUT2D eigenvalue weighted by Gasteiger charge is -2.12. The highest BCUT2D eigenvalue weighted by molar-refractivity contribution is 5.88. The molecule has 0 aliphatic carbocycles. The van der Waals surface area contributed by atoms with E-state index >= 15 is 4.39 Å². The van der Waals surface area contributed by atoms with Crippen LogP contribution in [0.3, 0.4) is 0 Å². The Balaban J connectivity index is 1.54. The van der Waals surface area contributed by atoms with Gasteiger partial charge in [0, 0.05) is 17.5 Å². The summed E-state index contributed by atoms with van der Waals surface area (Å²) in [6.07, 6.45) is 2.34. The number of alkyl halides is 2. The van der Waals surface area contributed by atoms with Crippen LogP contribution in [0.5, 0.6) is 11.5 Å². The van der Waals surface area contributed by atoms with Gasteiger partial charge in [0.05, 0.1) is 5.56 Å². The van der Waals surface area contributed by atoms with E-state index in [1.165, 1.54) is 36.4 Å². The summed E-state index contributed by atoms with van der Waals surface area (Å²) in [6, 6.07) is 16.2. The number of rotatable bonds is 9. The maximum atomic E-state index is 15.2. The Bertz CT molecular complexity index is 1330. The molecule has 35 heavy (non-hydrogen) atoms. The van der Waals surface area contributed by atoms with Crippen molar-refractivity contribution < 1.29 is 31.4 Å². The van der Waals surface area contributed by atoms with Crippen LogP contribution in [0.4, 0.5) is 22.0 Å². The van der Waals surface area contributed by atoms with Crippen LogP contribution in [0, 0.1) is 17.5 Å². The second-order valence-electron chi connectivity index (χ2n) is 7.86. The Hall–Kier alpha value is -3.87. The Morgan fingerprint density at radius 1 is 0.800 bits per heavy atom. The minimum Gasteiger partial charge on any atom is -0.489 e. The van der Waals surface area contributed by atoms with Gasteiger partial charge in [-0.2, -0.15) is 8.78 Å². The quantitative estimate of drug-likeness (QED) is 0.178. The van der Waals surface area contributed by atoms with E-state index < -0.39 is 24.1 Å². The molecular weight excluding hydrogens is 463 g/mol. The highest BCUT2D eigenvalue weighted by Gasteiger charge is 2.16. The van der Waals surface area contributed by atoms with Gasteiger partial charge in [0.1, 0.15) is 35.6 Å². The van der Waals surface area contributed by atoms with Gasteiger partial charge >= 0.3 is 6.61 Å². The molecule has 0 bridgehead atoms. The molecule has 0 spiro atoms. The van der Waals surface area contributed by atoms with E-state index in [1.807, 2.05) is 0 Å². The lowest BCUT2D eigenvalue weighted by molar-refractivity contribution is -0.0498. The fraction of sp³-hybridized carbons (Fsp3) is 0.143. The third kappa shape index (κ3) is 5.62. The highest BCUT2D eigenvalue weighted by atomic mass is 19.3. The maximum absolute atomic E-state index is 15.2. The molecule has 0 aliphatic heterocycles. The van der Waals surface area contributed by atoms with Crippen molar-refractivity contribution in [1.29, 1.82) is 0 Å². The maximum Gasteiger partial charge on any atom is 0.387 e. The fourth-order valence-corrected chi connectivity index (χ4v) is 3.87. The third-order valence-electron chi connectivity index (χ3n) is 5.54. The summed E-state index contributed by atoms with van der Waals surface area (Å²) in [5.74, 6) is -1.88. The molecule has 0 N–H and O–H groups in total. The number of aryl methyl sites for hydroxylation is 2. The van der Waals surface area contributed by atoms with Crippen LogP contribution in [0.2, 0.25) is 0 Å².